The summed E-state index contributed by atoms with van der Waals surface area (Å²) in [6, 6.07) is 5.75. The number of hydrogen-bond acceptors (Lipinski definition) is 5. The van der Waals surface area contributed by atoms with E-state index in [1.165, 1.54) is 22.6 Å². The predicted octanol–water partition coefficient (Wildman–Crippen LogP) is 3.97. The minimum Gasteiger partial charge on any atom is -0.352 e. The zero-order valence-corrected chi connectivity index (χ0v) is 17.1. The van der Waals surface area contributed by atoms with Crippen molar-refractivity contribution in [3.63, 3.8) is 0 Å². The van der Waals surface area contributed by atoms with Gasteiger partial charge in [0.1, 0.15) is 22.3 Å². The fourth-order valence-corrected chi connectivity index (χ4v) is 4.60. The average molecular weight is 399 g/mol. The standard InChI is InChI=1S/C21H23FN4OS/c1-4-17-23-19(18-13(2)14(3)28-20(18)24-17)25-9-11-26(12-10-25)21(27)15-5-7-16(22)8-6-15/h5-8H,4,9-12H2,1-3H3. The Labute approximate surface area is 167 Å². The molecule has 0 unspecified atom stereocenters. The number of rotatable bonds is 3. The summed E-state index contributed by atoms with van der Waals surface area (Å²) < 4.78 is 13.1. The predicted molar refractivity (Wildman–Crippen MR) is 111 cm³/mol. The Morgan fingerprint density at radius 3 is 2.43 bits per heavy atom. The first-order valence-corrected chi connectivity index (χ1v) is 10.4. The molecule has 146 valence electrons. The van der Waals surface area contributed by atoms with Crippen LogP contribution in [0.5, 0.6) is 0 Å². The molecular formula is C21H23FN4OS. The number of aryl methyl sites for hydroxylation is 3. The van der Waals surface area contributed by atoms with E-state index in [1.807, 2.05) is 4.90 Å². The lowest BCUT2D eigenvalue weighted by Gasteiger charge is -2.36. The Morgan fingerprint density at radius 1 is 1.11 bits per heavy atom. The molecule has 28 heavy (non-hydrogen) atoms. The highest BCUT2D eigenvalue weighted by molar-refractivity contribution is 7.18. The minimum absolute atomic E-state index is 0.0516. The molecule has 0 N–H and O–H groups in total. The van der Waals surface area contributed by atoms with Gasteiger partial charge in [-0.25, -0.2) is 14.4 Å². The van der Waals surface area contributed by atoms with Crippen molar-refractivity contribution in [3.8, 4) is 0 Å². The zero-order valence-electron chi connectivity index (χ0n) is 16.3. The summed E-state index contributed by atoms with van der Waals surface area (Å²) in [7, 11) is 0. The molecule has 7 heteroatoms. The lowest BCUT2D eigenvalue weighted by molar-refractivity contribution is 0.0746. The number of thiophene rings is 1. The first-order valence-electron chi connectivity index (χ1n) is 9.54. The van der Waals surface area contributed by atoms with E-state index in [1.54, 1.807) is 23.5 Å². The van der Waals surface area contributed by atoms with Gasteiger partial charge in [0.05, 0.1) is 5.39 Å². The fourth-order valence-electron chi connectivity index (χ4n) is 3.55. The number of benzene rings is 1. The van der Waals surface area contributed by atoms with Crippen LogP contribution in [0.2, 0.25) is 0 Å². The first kappa shape index (κ1) is 18.8. The molecule has 1 aromatic carbocycles. The van der Waals surface area contributed by atoms with Crippen LogP contribution in [0, 0.1) is 19.7 Å². The Balaban J connectivity index is 1.57. The molecule has 1 aliphatic rings. The maximum atomic E-state index is 13.1. The molecule has 1 aliphatic heterocycles. The van der Waals surface area contributed by atoms with Gasteiger partial charge in [0, 0.05) is 43.0 Å². The van der Waals surface area contributed by atoms with E-state index in [2.05, 4.69) is 25.7 Å². The monoisotopic (exact) mass is 398 g/mol. The highest BCUT2D eigenvalue weighted by atomic mass is 32.1. The van der Waals surface area contributed by atoms with Crippen LogP contribution in [0.1, 0.15) is 33.5 Å². The Bertz CT molecular complexity index is 1020. The highest BCUT2D eigenvalue weighted by Gasteiger charge is 2.25. The SMILES string of the molecule is CCc1nc(N2CCN(C(=O)c3ccc(F)cc3)CC2)c2c(C)c(C)sc2n1. The van der Waals surface area contributed by atoms with Crippen molar-refractivity contribution in [2.75, 3.05) is 31.1 Å². The zero-order chi connectivity index (χ0) is 19.8. The number of carbonyl (C=O) groups excluding carboxylic acids is 1. The molecular weight excluding hydrogens is 375 g/mol. The van der Waals surface area contributed by atoms with Crippen LogP contribution in [0.4, 0.5) is 10.2 Å². The van der Waals surface area contributed by atoms with Gasteiger partial charge in [0.15, 0.2) is 0 Å². The van der Waals surface area contributed by atoms with Crippen LogP contribution in [-0.2, 0) is 6.42 Å². The average Bonchev–Trinajstić information content (AvgIpc) is 3.01. The third-order valence-corrected chi connectivity index (χ3v) is 6.43. The van der Waals surface area contributed by atoms with Gasteiger partial charge >= 0.3 is 0 Å². The molecule has 0 saturated carbocycles. The van der Waals surface area contributed by atoms with Crippen molar-refractivity contribution in [3.05, 3.63) is 51.9 Å². The van der Waals surface area contributed by atoms with Crippen molar-refractivity contribution in [2.24, 2.45) is 0 Å². The minimum atomic E-state index is -0.331. The topological polar surface area (TPSA) is 49.3 Å². The molecule has 0 atom stereocenters. The maximum Gasteiger partial charge on any atom is 0.253 e. The van der Waals surface area contributed by atoms with E-state index in [-0.39, 0.29) is 11.7 Å². The molecule has 0 radical (unpaired) electrons. The van der Waals surface area contributed by atoms with Gasteiger partial charge in [-0.1, -0.05) is 6.92 Å². The molecule has 1 fully saturated rings. The quantitative estimate of drug-likeness (QED) is 0.670. The molecule has 3 aromatic rings. The van der Waals surface area contributed by atoms with Gasteiger partial charge in [0.25, 0.3) is 5.91 Å². The number of anilines is 1. The Morgan fingerprint density at radius 2 is 1.79 bits per heavy atom. The van der Waals surface area contributed by atoms with Gasteiger partial charge in [-0.2, -0.15) is 0 Å². The fraction of sp³-hybridized carbons (Fsp3) is 0.381. The molecule has 0 aliphatic carbocycles. The summed E-state index contributed by atoms with van der Waals surface area (Å²) in [5.74, 6) is 1.46. The van der Waals surface area contributed by atoms with E-state index in [4.69, 9.17) is 9.97 Å². The molecule has 3 heterocycles. The van der Waals surface area contributed by atoms with Gasteiger partial charge in [0.2, 0.25) is 0 Å². The molecule has 0 bridgehead atoms. The Hall–Kier alpha value is -2.54. The van der Waals surface area contributed by atoms with Crippen molar-refractivity contribution >= 4 is 33.3 Å². The number of amides is 1. The maximum absolute atomic E-state index is 13.1. The second-order valence-corrected chi connectivity index (χ2v) is 8.27. The second kappa shape index (κ2) is 7.47. The number of piperazine rings is 1. The Kier molecular flexibility index (Phi) is 5.02. The van der Waals surface area contributed by atoms with E-state index >= 15 is 0 Å². The lowest BCUT2D eigenvalue weighted by Crippen LogP contribution is -2.49. The number of carbonyl (C=O) groups is 1. The van der Waals surface area contributed by atoms with Gasteiger partial charge in [-0.3, -0.25) is 4.79 Å². The molecule has 0 spiro atoms. The first-order chi connectivity index (χ1) is 13.5. The molecule has 4 rings (SSSR count). The summed E-state index contributed by atoms with van der Waals surface area (Å²) >= 11 is 1.72. The van der Waals surface area contributed by atoms with Crippen LogP contribution in [-0.4, -0.2) is 47.0 Å². The third kappa shape index (κ3) is 3.35. The number of aromatic nitrogens is 2. The third-order valence-electron chi connectivity index (χ3n) is 5.33. The number of halogens is 1. The van der Waals surface area contributed by atoms with Crippen LogP contribution in [0.25, 0.3) is 10.2 Å². The van der Waals surface area contributed by atoms with Crippen molar-refractivity contribution in [1.29, 1.82) is 0 Å². The lowest BCUT2D eigenvalue weighted by atomic mass is 10.1. The number of fused-ring (bicyclic) bond motifs is 1. The summed E-state index contributed by atoms with van der Waals surface area (Å²) in [4.78, 5) is 28.6. The summed E-state index contributed by atoms with van der Waals surface area (Å²) in [6.45, 7) is 8.98. The van der Waals surface area contributed by atoms with Gasteiger partial charge in [-0.05, 0) is 43.7 Å². The molecule has 1 amide bonds. The van der Waals surface area contributed by atoms with Crippen LogP contribution < -0.4 is 4.90 Å². The highest BCUT2D eigenvalue weighted by Crippen LogP contribution is 2.35. The summed E-state index contributed by atoms with van der Waals surface area (Å²) in [6.07, 6.45) is 0.794. The molecule has 2 aromatic heterocycles. The van der Waals surface area contributed by atoms with E-state index in [9.17, 15) is 9.18 Å². The number of hydrogen-bond donors (Lipinski definition) is 0. The van der Waals surface area contributed by atoms with E-state index < -0.39 is 0 Å². The summed E-state index contributed by atoms with van der Waals surface area (Å²) in [5, 5.41) is 1.14. The second-order valence-electron chi connectivity index (χ2n) is 7.07. The van der Waals surface area contributed by atoms with E-state index in [0.29, 0.717) is 18.7 Å². The van der Waals surface area contributed by atoms with Crippen molar-refractivity contribution in [1.82, 2.24) is 14.9 Å². The van der Waals surface area contributed by atoms with Crippen LogP contribution >= 0.6 is 11.3 Å². The van der Waals surface area contributed by atoms with Crippen LogP contribution in [0.3, 0.4) is 0 Å². The summed E-state index contributed by atoms with van der Waals surface area (Å²) in [5.41, 5.74) is 1.76. The molecule has 1 saturated heterocycles. The smallest absolute Gasteiger partial charge is 0.253 e. The van der Waals surface area contributed by atoms with Crippen molar-refractivity contribution < 1.29 is 9.18 Å². The van der Waals surface area contributed by atoms with Gasteiger partial charge < -0.3 is 9.80 Å². The normalized spacial score (nSPS) is 14.7. The van der Waals surface area contributed by atoms with E-state index in [0.717, 1.165) is 41.4 Å². The van der Waals surface area contributed by atoms with Crippen LogP contribution in [0.15, 0.2) is 24.3 Å². The number of nitrogens with zero attached hydrogens (tertiary/aromatic N) is 4. The molecule has 5 nitrogen and oxygen atoms in total. The van der Waals surface area contributed by atoms with Gasteiger partial charge in [-0.15, -0.1) is 11.3 Å². The largest absolute Gasteiger partial charge is 0.352 e. The van der Waals surface area contributed by atoms with Crippen molar-refractivity contribution in [2.45, 2.75) is 27.2 Å².